The van der Waals surface area contributed by atoms with Crippen LogP contribution in [0.15, 0.2) is 38.7 Å². The Labute approximate surface area is 128 Å². The highest BCUT2D eigenvalue weighted by atomic mass is 79.9. The van der Waals surface area contributed by atoms with Crippen LogP contribution < -0.4 is 5.32 Å². The first-order valence-corrected chi connectivity index (χ1v) is 8.17. The molecule has 0 bridgehead atoms. The van der Waals surface area contributed by atoms with Crippen molar-refractivity contribution in [2.24, 2.45) is 0 Å². The number of thiazole rings is 1. The third kappa shape index (κ3) is 3.88. The van der Waals surface area contributed by atoms with Crippen LogP contribution >= 0.6 is 43.2 Å². The van der Waals surface area contributed by atoms with Crippen molar-refractivity contribution in [3.05, 3.63) is 49.3 Å². The van der Waals surface area contributed by atoms with E-state index < -0.39 is 0 Å². The number of rotatable bonds is 5. The molecule has 1 N–H and O–H groups in total. The molecule has 1 atom stereocenters. The second kappa shape index (κ2) is 6.80. The first kappa shape index (κ1) is 14.2. The zero-order chi connectivity index (χ0) is 13.0. The molecular weight excluding hydrogens is 376 g/mol. The quantitative estimate of drug-likeness (QED) is 0.810. The van der Waals surface area contributed by atoms with Gasteiger partial charge in [0.15, 0.2) is 0 Å². The molecule has 1 unspecified atom stereocenters. The van der Waals surface area contributed by atoms with Crippen LogP contribution in [-0.2, 0) is 6.54 Å². The number of halogens is 2. The van der Waals surface area contributed by atoms with E-state index in [0.29, 0.717) is 5.92 Å². The van der Waals surface area contributed by atoms with Crippen molar-refractivity contribution < 1.29 is 0 Å². The molecule has 96 valence electrons. The molecule has 0 spiro atoms. The number of aromatic nitrogens is 1. The first-order valence-electron chi connectivity index (χ1n) is 5.71. The highest BCUT2D eigenvalue weighted by Gasteiger charge is 2.07. The van der Waals surface area contributed by atoms with Gasteiger partial charge in [-0.15, -0.1) is 11.3 Å². The minimum absolute atomic E-state index is 0.462. The summed E-state index contributed by atoms with van der Waals surface area (Å²) in [7, 11) is 0. The van der Waals surface area contributed by atoms with E-state index in [2.05, 4.69) is 67.3 Å². The Bertz CT molecular complexity index is 500. The van der Waals surface area contributed by atoms with Gasteiger partial charge >= 0.3 is 0 Å². The van der Waals surface area contributed by atoms with E-state index in [4.69, 9.17) is 0 Å². The summed E-state index contributed by atoms with van der Waals surface area (Å²) in [4.78, 5) is 4.33. The van der Waals surface area contributed by atoms with E-state index in [1.807, 2.05) is 11.6 Å². The Balaban J connectivity index is 1.83. The molecule has 0 aliphatic rings. The minimum Gasteiger partial charge on any atom is -0.312 e. The molecule has 0 aliphatic carbocycles. The second-order valence-corrected chi connectivity index (χ2v) is 6.79. The van der Waals surface area contributed by atoms with Crippen LogP contribution in [0, 0.1) is 0 Å². The Morgan fingerprint density at radius 3 is 2.83 bits per heavy atom. The second-order valence-electron chi connectivity index (χ2n) is 4.15. The van der Waals surface area contributed by atoms with E-state index in [0.717, 1.165) is 22.0 Å². The van der Waals surface area contributed by atoms with Gasteiger partial charge in [0, 0.05) is 39.5 Å². The fourth-order valence-corrected chi connectivity index (χ4v) is 3.02. The van der Waals surface area contributed by atoms with Gasteiger partial charge in [-0.2, -0.15) is 0 Å². The average Bonchev–Trinajstić information content (AvgIpc) is 2.87. The molecule has 1 heterocycles. The van der Waals surface area contributed by atoms with Crippen LogP contribution in [0.3, 0.4) is 0 Å². The molecule has 2 rings (SSSR count). The Hall–Kier alpha value is -0.230. The van der Waals surface area contributed by atoms with Crippen molar-refractivity contribution in [3.63, 3.8) is 0 Å². The molecular formula is C13H14Br2N2S. The van der Waals surface area contributed by atoms with Gasteiger partial charge in [-0.05, 0) is 49.6 Å². The van der Waals surface area contributed by atoms with Gasteiger partial charge in [0.1, 0.15) is 0 Å². The zero-order valence-electron chi connectivity index (χ0n) is 9.99. The summed E-state index contributed by atoms with van der Waals surface area (Å²) >= 11 is 8.71. The smallest absolute Gasteiger partial charge is 0.0965 e. The van der Waals surface area contributed by atoms with Gasteiger partial charge in [-0.3, -0.25) is 0 Å². The molecule has 1 aromatic heterocycles. The number of benzene rings is 1. The third-order valence-electron chi connectivity index (χ3n) is 2.64. The zero-order valence-corrected chi connectivity index (χ0v) is 14.0. The number of hydrogen-bond acceptors (Lipinski definition) is 3. The van der Waals surface area contributed by atoms with Crippen LogP contribution in [0.25, 0.3) is 0 Å². The summed E-state index contributed by atoms with van der Waals surface area (Å²) in [6.45, 7) is 4.02. The molecule has 2 nitrogen and oxygen atoms in total. The van der Waals surface area contributed by atoms with E-state index in [9.17, 15) is 0 Å². The maximum atomic E-state index is 4.33. The highest BCUT2D eigenvalue weighted by Crippen LogP contribution is 2.23. The van der Waals surface area contributed by atoms with Crippen molar-refractivity contribution in [1.82, 2.24) is 10.3 Å². The van der Waals surface area contributed by atoms with Gasteiger partial charge in [0.05, 0.1) is 5.01 Å². The lowest BCUT2D eigenvalue weighted by Gasteiger charge is -2.10. The largest absolute Gasteiger partial charge is 0.312 e. The summed E-state index contributed by atoms with van der Waals surface area (Å²) in [5, 5.41) is 6.69. The van der Waals surface area contributed by atoms with Crippen molar-refractivity contribution in [2.75, 3.05) is 6.54 Å². The fraction of sp³-hybridized carbons (Fsp3) is 0.308. The van der Waals surface area contributed by atoms with Gasteiger partial charge in [0.2, 0.25) is 0 Å². The fourth-order valence-electron chi connectivity index (χ4n) is 1.65. The van der Waals surface area contributed by atoms with Gasteiger partial charge < -0.3 is 5.32 Å². The molecule has 5 heteroatoms. The van der Waals surface area contributed by atoms with E-state index in [1.165, 1.54) is 10.6 Å². The summed E-state index contributed by atoms with van der Waals surface area (Å²) in [5.74, 6) is 0.462. The van der Waals surface area contributed by atoms with Gasteiger partial charge in [-0.25, -0.2) is 4.98 Å². The van der Waals surface area contributed by atoms with E-state index in [-0.39, 0.29) is 0 Å². The monoisotopic (exact) mass is 388 g/mol. The summed E-state index contributed by atoms with van der Waals surface area (Å²) in [6, 6.07) is 6.31. The van der Waals surface area contributed by atoms with Crippen molar-refractivity contribution in [3.8, 4) is 0 Å². The van der Waals surface area contributed by atoms with Crippen LogP contribution in [0.1, 0.15) is 23.4 Å². The molecule has 0 aliphatic heterocycles. The van der Waals surface area contributed by atoms with E-state index >= 15 is 0 Å². The van der Waals surface area contributed by atoms with Gasteiger partial charge in [0.25, 0.3) is 0 Å². The van der Waals surface area contributed by atoms with Crippen molar-refractivity contribution in [1.29, 1.82) is 0 Å². The molecule has 0 fully saturated rings. The van der Waals surface area contributed by atoms with Crippen LogP contribution in [0.2, 0.25) is 0 Å². The third-order valence-corrected chi connectivity index (χ3v) is 5.52. The minimum atomic E-state index is 0.462. The lowest BCUT2D eigenvalue weighted by molar-refractivity contribution is 0.612. The normalized spacial score (nSPS) is 12.6. The van der Waals surface area contributed by atoms with Crippen molar-refractivity contribution in [2.45, 2.75) is 19.4 Å². The Morgan fingerprint density at radius 1 is 1.33 bits per heavy atom. The van der Waals surface area contributed by atoms with Crippen LogP contribution in [0.5, 0.6) is 0 Å². The van der Waals surface area contributed by atoms with Crippen LogP contribution in [-0.4, -0.2) is 11.5 Å². The first-order chi connectivity index (χ1) is 8.66. The lowest BCUT2D eigenvalue weighted by Crippen LogP contribution is -2.19. The summed E-state index contributed by atoms with van der Waals surface area (Å²) in [5.41, 5.74) is 1.27. The highest BCUT2D eigenvalue weighted by molar-refractivity contribution is 9.13. The molecule has 18 heavy (non-hydrogen) atoms. The average molecular weight is 390 g/mol. The van der Waals surface area contributed by atoms with Crippen LogP contribution in [0.4, 0.5) is 0 Å². The number of hydrogen-bond donors (Lipinski definition) is 1. The number of nitrogens with zero attached hydrogens (tertiary/aromatic N) is 1. The maximum absolute atomic E-state index is 4.33. The SMILES string of the molecule is CC(CNCc1ccc(Br)c(Br)c1)c1nccs1. The van der Waals surface area contributed by atoms with Gasteiger partial charge in [-0.1, -0.05) is 13.0 Å². The predicted molar refractivity (Wildman–Crippen MR) is 84.1 cm³/mol. The Kier molecular flexibility index (Phi) is 5.36. The van der Waals surface area contributed by atoms with E-state index in [1.54, 1.807) is 11.3 Å². The molecule has 0 saturated heterocycles. The topological polar surface area (TPSA) is 24.9 Å². The molecule has 0 amide bonds. The predicted octanol–water partition coefficient (Wildman–Crippen LogP) is 4.56. The van der Waals surface area contributed by atoms with Crippen molar-refractivity contribution >= 4 is 43.2 Å². The maximum Gasteiger partial charge on any atom is 0.0965 e. The number of nitrogens with one attached hydrogen (secondary N) is 1. The summed E-state index contributed by atoms with van der Waals surface area (Å²) in [6.07, 6.45) is 1.86. The molecule has 1 aromatic carbocycles. The summed E-state index contributed by atoms with van der Waals surface area (Å²) < 4.78 is 2.18. The molecule has 2 aromatic rings. The molecule has 0 saturated carbocycles. The lowest BCUT2D eigenvalue weighted by atomic mass is 10.2. The Morgan fingerprint density at radius 2 is 2.17 bits per heavy atom. The standard InChI is InChI=1S/C13H14Br2N2S/c1-9(13-17-4-5-18-13)7-16-8-10-2-3-11(14)12(15)6-10/h2-6,9,16H,7-8H2,1H3. The molecule has 0 radical (unpaired) electrons.